The summed E-state index contributed by atoms with van der Waals surface area (Å²) < 4.78 is 81.9. The van der Waals surface area contributed by atoms with E-state index in [0.29, 0.717) is 58.8 Å². The predicted molar refractivity (Wildman–Crippen MR) is 254 cm³/mol. The summed E-state index contributed by atoms with van der Waals surface area (Å²) in [6.45, 7) is 14.9. The quantitative estimate of drug-likeness (QED) is 0.0573. The number of carbonyl (C=O) groups excluding carboxylic acids is 3. The molecule has 13 nitrogen and oxygen atoms in total. The number of allylic oxidation sites excluding steroid dienone is 1. The van der Waals surface area contributed by atoms with E-state index in [1.807, 2.05) is 32.2 Å². The van der Waals surface area contributed by atoms with Crippen molar-refractivity contribution in [3.63, 3.8) is 0 Å². The summed E-state index contributed by atoms with van der Waals surface area (Å²) in [5.74, 6) is -1.72. The van der Waals surface area contributed by atoms with Crippen LogP contribution in [0.4, 0.5) is 18.9 Å². The number of amides is 3. The topological polar surface area (TPSA) is 169 Å². The highest BCUT2D eigenvalue weighted by Crippen LogP contribution is 2.47. The second-order valence-corrected chi connectivity index (χ2v) is 21.7. The van der Waals surface area contributed by atoms with Crippen LogP contribution >= 0.6 is 22.9 Å². The summed E-state index contributed by atoms with van der Waals surface area (Å²) in [7, 11) is -2.53. The average Bonchev–Trinajstić information content (AvgIpc) is 4.06. The Morgan fingerprint density at radius 3 is 2.45 bits per heavy atom. The van der Waals surface area contributed by atoms with Crippen LogP contribution in [0.25, 0.3) is 21.6 Å². The van der Waals surface area contributed by atoms with Gasteiger partial charge in [-0.3, -0.25) is 19.1 Å². The van der Waals surface area contributed by atoms with E-state index >= 15 is 4.79 Å². The van der Waals surface area contributed by atoms with Gasteiger partial charge in [0.15, 0.2) is 0 Å². The number of alkyl halides is 3. The molecule has 1 saturated heterocycles. The van der Waals surface area contributed by atoms with Gasteiger partial charge in [0, 0.05) is 45.4 Å². The molecule has 0 unspecified atom stereocenters. The number of anilines is 1. The lowest BCUT2D eigenvalue weighted by Gasteiger charge is -2.30. The molecule has 5 atom stereocenters. The maximum absolute atomic E-state index is 15.1. The Morgan fingerprint density at radius 2 is 1.82 bits per heavy atom. The molecule has 19 heteroatoms. The van der Waals surface area contributed by atoms with E-state index in [4.69, 9.17) is 31.0 Å². The number of halogens is 4. The number of sulfonamides is 1. The van der Waals surface area contributed by atoms with Gasteiger partial charge in [0.25, 0.3) is 5.91 Å². The Morgan fingerprint density at radius 1 is 1.07 bits per heavy atom. The number of unbranched alkanes of at least 4 members (excludes halogenated alkanes) is 3. The fraction of sp³-hybridized carbons (Fsp3) is 0.479. The molecule has 2 saturated carbocycles. The number of likely N-dealkylation sites (tertiary alicyclic amines) is 1. The third-order valence-corrected chi connectivity index (χ3v) is 16.2. The zero-order chi connectivity index (χ0) is 48.6. The van der Waals surface area contributed by atoms with Crippen molar-refractivity contribution in [3.05, 3.63) is 88.9 Å². The molecule has 2 aromatic heterocycles. The number of ether oxygens (including phenoxy) is 2. The number of rotatable bonds is 20. The van der Waals surface area contributed by atoms with Crippen molar-refractivity contribution in [2.75, 3.05) is 19.0 Å². The minimum Gasteiger partial charge on any atom is -0.496 e. The van der Waals surface area contributed by atoms with Gasteiger partial charge in [-0.15, -0.1) is 24.5 Å². The number of thiazole rings is 1. The Hall–Kier alpha value is -5.20. The lowest BCUT2D eigenvalue weighted by molar-refractivity contribution is -0.140. The Labute approximate surface area is 398 Å². The molecule has 4 aromatic rings. The van der Waals surface area contributed by atoms with Crippen LogP contribution in [-0.2, 0) is 30.6 Å². The molecule has 3 aliphatic rings. The number of nitrogens with zero attached hydrogens (tertiary/aromatic N) is 3. The van der Waals surface area contributed by atoms with Crippen molar-refractivity contribution in [1.29, 1.82) is 0 Å². The standard InChI is InChI=1S/C48H56ClF3N6O7S2/c1-8-10-11-12-13-14-35(53-32-20-30(48(50,51)52)19-31(49)21-32)44(60)58-25-33(22-38(58)42(59)56-47(24-29(47)9-2)45(61)57-67(62,63)46(6)17-18-46)65-40-23-36(43-55-37(26-66-43)27(3)4)54-41-28(5)39(64-7)16-15-34(40)41/h8-9,15-16,19-21,23,26-27,29,33,35,38,53H,1-2,10-14,17-18,22,24-25H2,3-7H3,(H,56,59)(H,57,61)/t29-,33-,35+,38+,47-/m1/s1. The third kappa shape index (κ3) is 10.6. The first-order valence-electron chi connectivity index (χ1n) is 22.3. The van der Waals surface area contributed by atoms with E-state index in [0.717, 1.165) is 36.2 Å². The normalized spacial score (nSPS) is 21.4. The molecule has 360 valence electrons. The van der Waals surface area contributed by atoms with Gasteiger partial charge in [-0.25, -0.2) is 18.4 Å². The van der Waals surface area contributed by atoms with Crippen LogP contribution in [0.2, 0.25) is 5.02 Å². The van der Waals surface area contributed by atoms with Gasteiger partial charge >= 0.3 is 6.18 Å². The molecule has 2 aliphatic carbocycles. The van der Waals surface area contributed by atoms with E-state index in [9.17, 15) is 31.2 Å². The molecule has 3 amide bonds. The maximum Gasteiger partial charge on any atom is 0.416 e. The van der Waals surface area contributed by atoms with E-state index in [2.05, 4.69) is 28.5 Å². The second kappa shape index (κ2) is 19.4. The van der Waals surface area contributed by atoms with Crippen molar-refractivity contribution >= 4 is 67.3 Å². The predicted octanol–water partition coefficient (Wildman–Crippen LogP) is 9.50. The van der Waals surface area contributed by atoms with Crippen LogP contribution in [0.1, 0.15) is 101 Å². The van der Waals surface area contributed by atoms with Crippen molar-refractivity contribution in [3.8, 4) is 22.2 Å². The summed E-state index contributed by atoms with van der Waals surface area (Å²) >= 11 is 7.61. The molecule has 0 radical (unpaired) electrons. The molecule has 0 spiro atoms. The van der Waals surface area contributed by atoms with Gasteiger partial charge in [-0.1, -0.05) is 50.4 Å². The largest absolute Gasteiger partial charge is 0.496 e. The van der Waals surface area contributed by atoms with Crippen LogP contribution in [0, 0.1) is 12.8 Å². The molecule has 2 aromatic carbocycles. The smallest absolute Gasteiger partial charge is 0.416 e. The number of aryl methyl sites for hydroxylation is 1. The van der Waals surface area contributed by atoms with Crippen molar-refractivity contribution in [2.45, 2.75) is 126 Å². The van der Waals surface area contributed by atoms with E-state index < -0.39 is 73.9 Å². The van der Waals surface area contributed by atoms with Crippen LogP contribution in [0.15, 0.2) is 67.1 Å². The minimum atomic E-state index is -4.73. The number of nitrogens with one attached hydrogen (secondary N) is 3. The molecular weight excluding hydrogens is 929 g/mol. The van der Waals surface area contributed by atoms with Crippen molar-refractivity contribution < 1.29 is 45.4 Å². The molecule has 3 N–H and O–H groups in total. The molecule has 3 heterocycles. The van der Waals surface area contributed by atoms with Gasteiger partial charge < -0.3 is 25.0 Å². The fourth-order valence-electron chi connectivity index (χ4n) is 8.46. The Balaban J connectivity index is 1.26. The van der Waals surface area contributed by atoms with Gasteiger partial charge in [-0.05, 0) is 88.6 Å². The summed E-state index contributed by atoms with van der Waals surface area (Å²) in [6, 6.07) is 5.92. The molecule has 3 fully saturated rings. The Bertz CT molecular complexity index is 2690. The van der Waals surface area contributed by atoms with Gasteiger partial charge in [-0.2, -0.15) is 13.2 Å². The molecule has 67 heavy (non-hydrogen) atoms. The molecule has 7 rings (SSSR count). The summed E-state index contributed by atoms with van der Waals surface area (Å²) in [5.41, 5.74) is 0.0230. The highest BCUT2D eigenvalue weighted by molar-refractivity contribution is 7.91. The SMILES string of the molecule is C=CCCCCC[C@H](Nc1cc(Cl)cc(C(F)(F)F)c1)C(=O)N1C[C@H](Oc2cc(-c3nc(C(C)C)cs3)nc3c(C)c(OC)ccc23)C[C@H]1C(=O)N[C@]1(C(=O)NS(=O)(=O)C2(C)CC2)C[C@H]1C=C. The number of methoxy groups -OCH3 is 1. The van der Waals surface area contributed by atoms with E-state index in [1.54, 1.807) is 25.3 Å². The number of pyridine rings is 1. The molecule has 0 bridgehead atoms. The Kier molecular flexibility index (Phi) is 14.4. The number of carbonyl (C=O) groups is 3. The number of aromatic nitrogens is 2. The first kappa shape index (κ1) is 49.7. The first-order chi connectivity index (χ1) is 31.6. The van der Waals surface area contributed by atoms with E-state index in [1.165, 1.54) is 35.3 Å². The van der Waals surface area contributed by atoms with Gasteiger partial charge in [0.1, 0.15) is 45.9 Å². The van der Waals surface area contributed by atoms with Crippen LogP contribution in [-0.4, -0.2) is 83.1 Å². The first-order valence-corrected chi connectivity index (χ1v) is 25.1. The highest BCUT2D eigenvalue weighted by Gasteiger charge is 2.63. The molecule has 1 aliphatic heterocycles. The summed E-state index contributed by atoms with van der Waals surface area (Å²) in [4.78, 5) is 54.9. The number of hydrogen-bond acceptors (Lipinski definition) is 11. The lowest BCUT2D eigenvalue weighted by atomic mass is 10.0. The third-order valence-electron chi connectivity index (χ3n) is 13.0. The van der Waals surface area contributed by atoms with Gasteiger partial charge in [0.05, 0.1) is 35.2 Å². The van der Waals surface area contributed by atoms with Crippen molar-refractivity contribution in [1.82, 2.24) is 24.9 Å². The zero-order valence-corrected chi connectivity index (χ0v) is 40.5. The highest BCUT2D eigenvalue weighted by atomic mass is 35.5. The number of benzene rings is 2. The van der Waals surface area contributed by atoms with Crippen molar-refractivity contribution in [2.24, 2.45) is 5.92 Å². The summed E-state index contributed by atoms with van der Waals surface area (Å²) in [5, 5.41) is 8.87. The van der Waals surface area contributed by atoms with Crippen LogP contribution in [0.3, 0.4) is 0 Å². The lowest BCUT2D eigenvalue weighted by Crippen LogP contribution is -2.58. The molecular formula is C48H56ClF3N6O7S2. The van der Waals surface area contributed by atoms with E-state index in [-0.39, 0.29) is 42.4 Å². The average molecular weight is 986 g/mol. The maximum atomic E-state index is 15.1. The van der Waals surface area contributed by atoms with Gasteiger partial charge in [0.2, 0.25) is 21.8 Å². The summed E-state index contributed by atoms with van der Waals surface area (Å²) in [6.07, 6.45) is 1.26. The number of fused-ring (bicyclic) bond motifs is 1. The van der Waals surface area contributed by atoms with Crippen LogP contribution < -0.4 is 24.8 Å². The fourth-order valence-corrected chi connectivity index (χ4v) is 10.9. The van der Waals surface area contributed by atoms with Crippen LogP contribution in [0.5, 0.6) is 11.5 Å². The second-order valence-electron chi connectivity index (χ2n) is 18.3. The zero-order valence-electron chi connectivity index (χ0n) is 38.1. The monoisotopic (exact) mass is 984 g/mol. The minimum absolute atomic E-state index is 0.0466. The number of hydrogen-bond donors (Lipinski definition) is 3.